The predicted molar refractivity (Wildman–Crippen MR) is 112 cm³/mol. The lowest BCUT2D eigenvalue weighted by Gasteiger charge is -2.06. The average molecular weight is 344 g/mol. The third-order valence-electron chi connectivity index (χ3n) is 3.38. The number of unbranched alkanes of at least 4 members (excludes halogenated alkanes) is 1. The largest absolute Gasteiger partial charge is 0.354 e. The van der Waals surface area contributed by atoms with E-state index in [1.165, 1.54) is 0 Å². The minimum absolute atomic E-state index is 0.155. The molecule has 25 heavy (non-hydrogen) atoms. The molecule has 0 unspecified atom stereocenters. The van der Waals surface area contributed by atoms with Gasteiger partial charge in [-0.15, -0.1) is 0 Å². The van der Waals surface area contributed by atoms with Crippen LogP contribution in [0, 0.1) is 0 Å². The summed E-state index contributed by atoms with van der Waals surface area (Å²) < 4.78 is 0. The maximum Gasteiger partial charge on any atom is 0.220 e. The standard InChI is InChI=1S/C23H37NO/c1-4-5-6-7-8-9-10-11-12-13-14-15-16-17-18-19-20-21-23(25)24-22(2)3/h5-6,8-9,11-12,14-15,17-18,22H,4,7,10,13,16,19-21H2,1-3H3,(H,24,25)/b6-5-,9-8-,12-11-,15-14-,18-17-. The molecule has 0 aliphatic heterocycles. The third-order valence-corrected chi connectivity index (χ3v) is 3.38. The van der Waals surface area contributed by atoms with Crippen LogP contribution >= 0.6 is 0 Å². The monoisotopic (exact) mass is 343 g/mol. The van der Waals surface area contributed by atoms with Gasteiger partial charge in [-0.2, -0.15) is 0 Å². The molecule has 0 rings (SSSR count). The Morgan fingerprint density at radius 1 is 0.760 bits per heavy atom. The number of amides is 1. The van der Waals surface area contributed by atoms with E-state index < -0.39 is 0 Å². The van der Waals surface area contributed by atoms with Gasteiger partial charge in [0.2, 0.25) is 5.91 Å². The number of carbonyl (C=O) groups excluding carboxylic acids is 1. The Hall–Kier alpha value is -1.83. The van der Waals surface area contributed by atoms with E-state index in [0.29, 0.717) is 6.42 Å². The first kappa shape index (κ1) is 23.2. The Morgan fingerprint density at radius 2 is 1.20 bits per heavy atom. The van der Waals surface area contributed by atoms with E-state index in [1.807, 2.05) is 13.8 Å². The van der Waals surface area contributed by atoms with Crippen LogP contribution in [0.25, 0.3) is 0 Å². The predicted octanol–water partition coefficient (Wildman–Crippen LogP) is 6.43. The van der Waals surface area contributed by atoms with Crippen molar-refractivity contribution in [3.05, 3.63) is 60.8 Å². The molecule has 0 aliphatic rings. The van der Waals surface area contributed by atoms with Crippen molar-refractivity contribution in [1.82, 2.24) is 5.32 Å². The molecule has 0 fully saturated rings. The minimum Gasteiger partial charge on any atom is -0.354 e. The number of carbonyl (C=O) groups is 1. The van der Waals surface area contributed by atoms with Crippen molar-refractivity contribution in [1.29, 1.82) is 0 Å². The maximum atomic E-state index is 11.5. The van der Waals surface area contributed by atoms with Crippen molar-refractivity contribution in [2.45, 2.75) is 78.2 Å². The fraction of sp³-hybridized carbons (Fsp3) is 0.522. The van der Waals surface area contributed by atoms with E-state index in [-0.39, 0.29) is 11.9 Å². The first-order valence-corrected chi connectivity index (χ1v) is 9.71. The summed E-state index contributed by atoms with van der Waals surface area (Å²) in [6.45, 7) is 6.13. The van der Waals surface area contributed by atoms with E-state index >= 15 is 0 Å². The number of allylic oxidation sites excluding steroid dienone is 10. The fourth-order valence-corrected chi connectivity index (χ4v) is 2.14. The smallest absolute Gasteiger partial charge is 0.220 e. The summed E-state index contributed by atoms with van der Waals surface area (Å²) in [5.41, 5.74) is 0. The molecule has 0 bridgehead atoms. The molecule has 2 heteroatoms. The molecular formula is C23H37NO. The van der Waals surface area contributed by atoms with Gasteiger partial charge in [0.15, 0.2) is 0 Å². The van der Waals surface area contributed by atoms with E-state index in [2.05, 4.69) is 73.0 Å². The van der Waals surface area contributed by atoms with Gasteiger partial charge >= 0.3 is 0 Å². The Kier molecular flexibility index (Phi) is 17.2. The second kappa shape index (κ2) is 18.5. The second-order valence-electron chi connectivity index (χ2n) is 6.32. The highest BCUT2D eigenvalue weighted by Crippen LogP contribution is 1.99. The van der Waals surface area contributed by atoms with Gasteiger partial charge in [0.1, 0.15) is 0 Å². The van der Waals surface area contributed by atoms with Crippen LogP contribution in [0.1, 0.15) is 72.1 Å². The summed E-state index contributed by atoms with van der Waals surface area (Å²) in [5.74, 6) is 0.155. The van der Waals surface area contributed by atoms with Crippen LogP contribution in [0.15, 0.2) is 60.8 Å². The van der Waals surface area contributed by atoms with Gasteiger partial charge in [0, 0.05) is 12.5 Å². The van der Waals surface area contributed by atoms with Crippen LogP contribution in [-0.2, 0) is 4.79 Å². The van der Waals surface area contributed by atoms with Crippen LogP contribution < -0.4 is 5.32 Å². The summed E-state index contributed by atoms with van der Waals surface area (Å²) in [6, 6.07) is 0.237. The van der Waals surface area contributed by atoms with E-state index in [0.717, 1.165) is 44.9 Å². The molecular weight excluding hydrogens is 306 g/mol. The normalized spacial score (nSPS) is 12.8. The fourth-order valence-electron chi connectivity index (χ4n) is 2.14. The summed E-state index contributed by atoms with van der Waals surface area (Å²) in [4.78, 5) is 11.5. The SMILES string of the molecule is CC/C=C\C/C=C\C/C=C\C/C=C\C/C=C\CCCC(=O)NC(C)C. The zero-order chi connectivity index (χ0) is 18.6. The summed E-state index contributed by atoms with van der Waals surface area (Å²) in [5, 5.41) is 2.91. The van der Waals surface area contributed by atoms with Gasteiger partial charge in [-0.1, -0.05) is 67.7 Å². The maximum absolute atomic E-state index is 11.5. The molecule has 1 amide bonds. The van der Waals surface area contributed by atoms with Crippen molar-refractivity contribution in [3.63, 3.8) is 0 Å². The van der Waals surface area contributed by atoms with Gasteiger partial charge in [0.25, 0.3) is 0 Å². The topological polar surface area (TPSA) is 29.1 Å². The van der Waals surface area contributed by atoms with Crippen molar-refractivity contribution in [2.75, 3.05) is 0 Å². The molecule has 0 aromatic heterocycles. The van der Waals surface area contributed by atoms with Crippen molar-refractivity contribution in [3.8, 4) is 0 Å². The number of rotatable bonds is 14. The summed E-state index contributed by atoms with van der Waals surface area (Å²) >= 11 is 0. The highest BCUT2D eigenvalue weighted by molar-refractivity contribution is 5.76. The highest BCUT2D eigenvalue weighted by atomic mass is 16.1. The van der Waals surface area contributed by atoms with Gasteiger partial charge in [-0.05, 0) is 58.8 Å². The number of hydrogen-bond acceptors (Lipinski definition) is 1. The lowest BCUT2D eigenvalue weighted by Crippen LogP contribution is -2.29. The Labute approximate surface area is 155 Å². The Morgan fingerprint density at radius 3 is 1.64 bits per heavy atom. The first-order chi connectivity index (χ1) is 12.2. The molecule has 0 saturated heterocycles. The molecule has 0 heterocycles. The first-order valence-electron chi connectivity index (χ1n) is 9.71. The lowest BCUT2D eigenvalue weighted by molar-refractivity contribution is -0.121. The van der Waals surface area contributed by atoms with Crippen LogP contribution in [0.5, 0.6) is 0 Å². The molecule has 0 aromatic carbocycles. The molecule has 0 saturated carbocycles. The summed E-state index contributed by atoms with van der Waals surface area (Å²) in [7, 11) is 0. The van der Waals surface area contributed by atoms with Crippen molar-refractivity contribution in [2.24, 2.45) is 0 Å². The third kappa shape index (κ3) is 20.1. The van der Waals surface area contributed by atoms with Gasteiger partial charge < -0.3 is 5.32 Å². The highest BCUT2D eigenvalue weighted by Gasteiger charge is 2.00. The number of nitrogens with one attached hydrogen (secondary N) is 1. The van der Waals surface area contributed by atoms with Gasteiger partial charge in [-0.25, -0.2) is 0 Å². The van der Waals surface area contributed by atoms with Crippen LogP contribution in [0.4, 0.5) is 0 Å². The summed E-state index contributed by atoms with van der Waals surface area (Å²) in [6.07, 6.45) is 29.6. The molecule has 140 valence electrons. The second-order valence-corrected chi connectivity index (χ2v) is 6.32. The zero-order valence-corrected chi connectivity index (χ0v) is 16.4. The molecule has 0 aromatic rings. The van der Waals surface area contributed by atoms with Gasteiger partial charge in [-0.3, -0.25) is 4.79 Å². The molecule has 2 nitrogen and oxygen atoms in total. The lowest BCUT2D eigenvalue weighted by atomic mass is 10.2. The van der Waals surface area contributed by atoms with Crippen molar-refractivity contribution < 1.29 is 4.79 Å². The van der Waals surface area contributed by atoms with E-state index in [9.17, 15) is 4.79 Å². The quantitative estimate of drug-likeness (QED) is 0.286. The molecule has 0 spiro atoms. The van der Waals surface area contributed by atoms with Gasteiger partial charge in [0.05, 0.1) is 0 Å². The van der Waals surface area contributed by atoms with Crippen LogP contribution in [-0.4, -0.2) is 11.9 Å². The van der Waals surface area contributed by atoms with Crippen LogP contribution in [0.2, 0.25) is 0 Å². The molecule has 0 aliphatic carbocycles. The molecule has 0 atom stereocenters. The van der Waals surface area contributed by atoms with Crippen molar-refractivity contribution >= 4 is 5.91 Å². The molecule has 0 radical (unpaired) electrons. The van der Waals surface area contributed by atoms with E-state index in [1.54, 1.807) is 0 Å². The van der Waals surface area contributed by atoms with E-state index in [4.69, 9.17) is 0 Å². The number of hydrogen-bond donors (Lipinski definition) is 1. The minimum atomic E-state index is 0.155. The van der Waals surface area contributed by atoms with Crippen LogP contribution in [0.3, 0.4) is 0 Å². The average Bonchev–Trinajstić information content (AvgIpc) is 2.57. The zero-order valence-electron chi connectivity index (χ0n) is 16.4. The Balaban J connectivity index is 3.52. The Bertz CT molecular complexity index is 453. The molecule has 1 N–H and O–H groups in total.